The smallest absolute Gasteiger partial charge is 0.154 e. The average Bonchev–Trinajstić information content (AvgIpc) is 2.66. The summed E-state index contributed by atoms with van der Waals surface area (Å²) >= 11 is 0. The molecule has 3 rings (SSSR count). The van der Waals surface area contributed by atoms with Crippen molar-refractivity contribution in [2.75, 3.05) is 6.54 Å². The molecule has 3 heterocycles. The molecule has 0 saturated carbocycles. The molecule has 5 heteroatoms. The van der Waals surface area contributed by atoms with Crippen molar-refractivity contribution in [1.29, 1.82) is 0 Å². The highest BCUT2D eigenvalue weighted by Crippen LogP contribution is 2.25. The Bertz CT molecular complexity index is 449. The number of hydrogen-bond donors (Lipinski definition) is 1. The van der Waals surface area contributed by atoms with Gasteiger partial charge in [-0.05, 0) is 13.0 Å². The second kappa shape index (κ2) is 3.43. The van der Waals surface area contributed by atoms with Crippen LogP contribution in [0.5, 0.6) is 0 Å². The van der Waals surface area contributed by atoms with Crippen LogP contribution in [0.3, 0.4) is 0 Å². The monoisotopic (exact) mass is 202 g/mol. The van der Waals surface area contributed by atoms with Crippen LogP contribution >= 0.6 is 0 Å². The normalized spacial score (nSPS) is 19.9. The molecule has 1 aliphatic rings. The highest BCUT2D eigenvalue weighted by atomic mass is 16.5. The molecule has 1 N–H and O–H groups in total. The molecule has 2 aromatic rings. The molecular formula is C10H10N4O. The van der Waals surface area contributed by atoms with Crippen LogP contribution < -0.4 is 5.32 Å². The summed E-state index contributed by atoms with van der Waals surface area (Å²) in [5.74, 6) is 0.877. The van der Waals surface area contributed by atoms with Gasteiger partial charge in [-0.25, -0.2) is 0 Å². The number of aromatic nitrogens is 3. The van der Waals surface area contributed by atoms with E-state index in [1.807, 2.05) is 6.07 Å². The number of nitrogens with zero attached hydrogens (tertiary/aromatic N) is 3. The quantitative estimate of drug-likeness (QED) is 0.791. The first-order chi connectivity index (χ1) is 7.43. The molecule has 15 heavy (non-hydrogen) atoms. The van der Waals surface area contributed by atoms with Gasteiger partial charge in [0.15, 0.2) is 5.76 Å². The Hall–Kier alpha value is -1.75. The van der Waals surface area contributed by atoms with E-state index in [1.165, 1.54) is 0 Å². The lowest BCUT2D eigenvalue weighted by Gasteiger charge is -2.24. The topological polar surface area (TPSA) is 63.8 Å². The zero-order valence-electron chi connectivity index (χ0n) is 8.05. The average molecular weight is 202 g/mol. The number of nitrogens with one attached hydrogen (secondary N) is 1. The van der Waals surface area contributed by atoms with E-state index in [1.54, 1.807) is 18.6 Å². The van der Waals surface area contributed by atoms with Crippen molar-refractivity contribution < 1.29 is 4.52 Å². The first-order valence-corrected chi connectivity index (χ1v) is 4.90. The second-order valence-electron chi connectivity index (χ2n) is 3.50. The minimum Gasteiger partial charge on any atom is -0.359 e. The molecule has 5 nitrogen and oxygen atoms in total. The zero-order chi connectivity index (χ0) is 10.1. The summed E-state index contributed by atoms with van der Waals surface area (Å²) in [4.78, 5) is 8.15. The van der Waals surface area contributed by atoms with Gasteiger partial charge in [0.1, 0.15) is 11.4 Å². The van der Waals surface area contributed by atoms with E-state index in [-0.39, 0.29) is 0 Å². The molecule has 0 bridgehead atoms. The molecule has 76 valence electrons. The summed E-state index contributed by atoms with van der Waals surface area (Å²) in [5, 5.41) is 7.23. The summed E-state index contributed by atoms with van der Waals surface area (Å²) in [6.07, 6.45) is 6.06. The Labute approximate surface area is 86.5 Å². The van der Waals surface area contributed by atoms with Crippen LogP contribution in [0.1, 0.15) is 18.2 Å². The molecule has 2 aromatic heterocycles. The standard InChI is InChI=1S/C10H10N4O/c1-2-12-7(1)10-5-8(14-15-10)9-6-11-3-4-13-9/h3-7,12H,1-2H2. The van der Waals surface area contributed by atoms with Crippen LogP contribution in [0.15, 0.2) is 29.2 Å². The molecule has 1 saturated heterocycles. The van der Waals surface area contributed by atoms with E-state index in [4.69, 9.17) is 4.52 Å². The molecular weight excluding hydrogens is 192 g/mol. The predicted molar refractivity (Wildman–Crippen MR) is 52.9 cm³/mol. The van der Waals surface area contributed by atoms with Crippen molar-refractivity contribution in [3.8, 4) is 11.4 Å². The van der Waals surface area contributed by atoms with Crippen LogP contribution in [0.4, 0.5) is 0 Å². The lowest BCUT2D eigenvalue weighted by atomic mass is 10.0. The van der Waals surface area contributed by atoms with Gasteiger partial charge in [-0.1, -0.05) is 5.16 Å². The molecule has 0 radical (unpaired) electrons. The van der Waals surface area contributed by atoms with E-state index in [0.29, 0.717) is 6.04 Å². The number of rotatable bonds is 2. The van der Waals surface area contributed by atoms with Crippen LogP contribution in [-0.4, -0.2) is 21.7 Å². The highest BCUT2D eigenvalue weighted by molar-refractivity contribution is 5.52. The third-order valence-electron chi connectivity index (χ3n) is 2.52. The van der Waals surface area contributed by atoms with Crippen LogP contribution in [0, 0.1) is 0 Å². The molecule has 0 spiro atoms. The van der Waals surface area contributed by atoms with Crippen LogP contribution in [0.2, 0.25) is 0 Å². The lowest BCUT2D eigenvalue weighted by Crippen LogP contribution is -2.34. The van der Waals surface area contributed by atoms with Gasteiger partial charge < -0.3 is 9.84 Å². The van der Waals surface area contributed by atoms with Crippen molar-refractivity contribution in [3.05, 3.63) is 30.4 Å². The van der Waals surface area contributed by atoms with E-state index in [0.717, 1.165) is 30.1 Å². The first kappa shape index (κ1) is 8.55. The second-order valence-corrected chi connectivity index (χ2v) is 3.50. The Kier molecular flexibility index (Phi) is 1.96. The summed E-state index contributed by atoms with van der Waals surface area (Å²) in [6.45, 7) is 1.05. The van der Waals surface area contributed by atoms with Crippen molar-refractivity contribution in [2.24, 2.45) is 0 Å². The molecule has 1 atom stereocenters. The molecule has 0 amide bonds. The minimum absolute atomic E-state index is 0.322. The van der Waals surface area contributed by atoms with E-state index in [9.17, 15) is 0 Å². The van der Waals surface area contributed by atoms with Gasteiger partial charge in [-0.2, -0.15) is 0 Å². The Morgan fingerprint density at radius 1 is 1.33 bits per heavy atom. The Balaban J connectivity index is 1.90. The third-order valence-corrected chi connectivity index (χ3v) is 2.52. The minimum atomic E-state index is 0.322. The fraction of sp³-hybridized carbons (Fsp3) is 0.300. The van der Waals surface area contributed by atoms with Gasteiger partial charge in [0.25, 0.3) is 0 Å². The summed E-state index contributed by atoms with van der Waals surface area (Å²) in [7, 11) is 0. The largest absolute Gasteiger partial charge is 0.359 e. The number of hydrogen-bond acceptors (Lipinski definition) is 5. The first-order valence-electron chi connectivity index (χ1n) is 4.90. The van der Waals surface area contributed by atoms with Gasteiger partial charge in [-0.15, -0.1) is 0 Å². The van der Waals surface area contributed by atoms with Gasteiger partial charge in [0.2, 0.25) is 0 Å². The van der Waals surface area contributed by atoms with Crippen molar-refractivity contribution in [3.63, 3.8) is 0 Å². The molecule has 0 aliphatic carbocycles. The van der Waals surface area contributed by atoms with Gasteiger partial charge in [0.05, 0.1) is 12.2 Å². The maximum Gasteiger partial charge on any atom is 0.154 e. The molecule has 1 aliphatic heterocycles. The Morgan fingerprint density at radius 2 is 2.27 bits per heavy atom. The third kappa shape index (κ3) is 1.50. The fourth-order valence-corrected chi connectivity index (χ4v) is 1.54. The van der Waals surface area contributed by atoms with E-state index in [2.05, 4.69) is 20.4 Å². The fourth-order valence-electron chi connectivity index (χ4n) is 1.54. The van der Waals surface area contributed by atoms with Gasteiger partial charge in [0, 0.05) is 18.5 Å². The van der Waals surface area contributed by atoms with Crippen molar-refractivity contribution in [1.82, 2.24) is 20.4 Å². The van der Waals surface area contributed by atoms with Crippen molar-refractivity contribution in [2.45, 2.75) is 12.5 Å². The van der Waals surface area contributed by atoms with Crippen LogP contribution in [0.25, 0.3) is 11.4 Å². The van der Waals surface area contributed by atoms with Crippen LogP contribution in [-0.2, 0) is 0 Å². The van der Waals surface area contributed by atoms with E-state index < -0.39 is 0 Å². The summed E-state index contributed by atoms with van der Waals surface area (Å²) in [6, 6.07) is 2.24. The van der Waals surface area contributed by atoms with Crippen molar-refractivity contribution >= 4 is 0 Å². The molecule has 1 fully saturated rings. The summed E-state index contributed by atoms with van der Waals surface area (Å²) in [5.41, 5.74) is 1.48. The Morgan fingerprint density at radius 3 is 2.93 bits per heavy atom. The molecule has 1 unspecified atom stereocenters. The predicted octanol–water partition coefficient (Wildman–Crippen LogP) is 1.17. The van der Waals surface area contributed by atoms with E-state index >= 15 is 0 Å². The van der Waals surface area contributed by atoms with Gasteiger partial charge >= 0.3 is 0 Å². The van der Waals surface area contributed by atoms with Gasteiger partial charge in [-0.3, -0.25) is 9.97 Å². The maximum absolute atomic E-state index is 5.24. The maximum atomic E-state index is 5.24. The summed E-state index contributed by atoms with van der Waals surface area (Å²) < 4.78 is 5.24. The lowest BCUT2D eigenvalue weighted by molar-refractivity contribution is 0.282. The zero-order valence-corrected chi connectivity index (χ0v) is 8.05. The SMILES string of the molecule is c1cnc(-c2cc(C3CCN3)on2)cn1. The highest BCUT2D eigenvalue weighted by Gasteiger charge is 2.23. The molecule has 0 aromatic carbocycles.